The summed E-state index contributed by atoms with van der Waals surface area (Å²) in [5.41, 5.74) is 5.90. The van der Waals surface area contributed by atoms with Gasteiger partial charge in [0.25, 0.3) is 5.91 Å². The highest BCUT2D eigenvalue weighted by molar-refractivity contribution is 5.96. The van der Waals surface area contributed by atoms with Crippen LogP contribution in [0.1, 0.15) is 35.7 Å². The fourth-order valence-electron chi connectivity index (χ4n) is 2.17. The van der Waals surface area contributed by atoms with E-state index in [4.69, 9.17) is 0 Å². The maximum absolute atomic E-state index is 12.2. The van der Waals surface area contributed by atoms with Crippen LogP contribution in [0.15, 0.2) is 30.6 Å². The van der Waals surface area contributed by atoms with Crippen LogP contribution in [0.5, 0.6) is 0 Å². The van der Waals surface area contributed by atoms with Crippen molar-refractivity contribution in [2.45, 2.75) is 26.7 Å². The average Bonchev–Trinajstić information content (AvgIpc) is 2.60. The number of aryl methyl sites for hydroxylation is 1. The molecule has 0 bridgehead atoms. The minimum absolute atomic E-state index is 0.0825. The average molecular weight is 344 g/mol. The van der Waals surface area contributed by atoms with Crippen molar-refractivity contribution in [2.75, 3.05) is 17.3 Å². The molecule has 0 spiro atoms. The van der Waals surface area contributed by atoms with E-state index in [1.54, 1.807) is 25.1 Å². The van der Waals surface area contributed by atoms with E-state index in [2.05, 4.69) is 26.1 Å². The summed E-state index contributed by atoms with van der Waals surface area (Å²) < 4.78 is 0. The van der Waals surface area contributed by atoms with E-state index < -0.39 is 10.8 Å². The fraction of sp³-hybridized carbons (Fsp3) is 0.312. The first kappa shape index (κ1) is 18.1. The second-order valence-electron chi connectivity index (χ2n) is 5.35. The molecule has 2 aromatic rings. The predicted molar refractivity (Wildman–Crippen MR) is 94.4 cm³/mol. The minimum Gasteiger partial charge on any atom is -0.364 e. The number of carbonyl (C=O) groups excluding carboxylic acids is 1. The summed E-state index contributed by atoms with van der Waals surface area (Å²) in [6, 6.07) is 7.03. The van der Waals surface area contributed by atoms with Crippen molar-refractivity contribution in [1.29, 1.82) is 0 Å². The Morgan fingerprint density at radius 1 is 1.24 bits per heavy atom. The number of anilines is 2. The molecule has 132 valence electrons. The van der Waals surface area contributed by atoms with E-state index in [0.29, 0.717) is 12.1 Å². The zero-order chi connectivity index (χ0) is 18.2. The highest BCUT2D eigenvalue weighted by atomic mass is 16.6. The molecule has 9 heteroatoms. The Balaban J connectivity index is 2.16. The first-order chi connectivity index (χ1) is 12.0. The molecule has 3 N–H and O–H groups in total. The molecule has 0 fully saturated rings. The molecule has 0 saturated heterocycles. The van der Waals surface area contributed by atoms with Crippen LogP contribution < -0.4 is 16.2 Å². The first-order valence-corrected chi connectivity index (χ1v) is 7.89. The summed E-state index contributed by atoms with van der Waals surface area (Å²) in [6.07, 6.45) is 3.00. The van der Waals surface area contributed by atoms with Gasteiger partial charge in [-0.25, -0.2) is 9.97 Å². The summed E-state index contributed by atoms with van der Waals surface area (Å²) in [7, 11) is 0. The molecule has 0 aliphatic carbocycles. The quantitative estimate of drug-likeness (QED) is 0.382. The van der Waals surface area contributed by atoms with Crippen LogP contribution in [-0.2, 0) is 0 Å². The molecule has 25 heavy (non-hydrogen) atoms. The van der Waals surface area contributed by atoms with Crippen molar-refractivity contribution in [3.63, 3.8) is 0 Å². The van der Waals surface area contributed by atoms with Crippen LogP contribution in [0.2, 0.25) is 0 Å². The van der Waals surface area contributed by atoms with E-state index in [-0.39, 0.29) is 17.3 Å². The molecule has 1 aromatic carbocycles. The largest absolute Gasteiger partial charge is 0.364 e. The third-order valence-electron chi connectivity index (χ3n) is 3.51. The van der Waals surface area contributed by atoms with E-state index in [1.165, 1.54) is 6.33 Å². The second kappa shape index (κ2) is 8.57. The number of unbranched alkanes of at least 4 members (excludes halogenated alkanes) is 1. The highest BCUT2D eigenvalue weighted by Crippen LogP contribution is 2.28. The Labute approximate surface area is 145 Å². The molecule has 1 aromatic heterocycles. The number of nitrogens with zero attached hydrogens (tertiary/aromatic N) is 3. The van der Waals surface area contributed by atoms with Gasteiger partial charge in [-0.05, 0) is 25.0 Å². The lowest BCUT2D eigenvalue weighted by Gasteiger charge is -2.11. The van der Waals surface area contributed by atoms with Gasteiger partial charge in [0.1, 0.15) is 6.33 Å². The number of benzene rings is 1. The number of rotatable bonds is 8. The molecule has 0 unspecified atom stereocenters. The number of hydrogen-bond acceptors (Lipinski definition) is 7. The van der Waals surface area contributed by atoms with Crippen LogP contribution in [0.4, 0.5) is 17.3 Å². The maximum Gasteiger partial charge on any atom is 0.354 e. The molecular formula is C16H20N6O3. The van der Waals surface area contributed by atoms with Gasteiger partial charge in [0.2, 0.25) is 11.6 Å². The number of nitro groups is 1. The monoisotopic (exact) mass is 344 g/mol. The number of hydrazine groups is 1. The zero-order valence-corrected chi connectivity index (χ0v) is 14.1. The van der Waals surface area contributed by atoms with Gasteiger partial charge in [-0.3, -0.25) is 25.8 Å². The van der Waals surface area contributed by atoms with Crippen molar-refractivity contribution in [3.8, 4) is 0 Å². The van der Waals surface area contributed by atoms with Crippen molar-refractivity contribution in [1.82, 2.24) is 15.4 Å². The molecule has 0 aliphatic heterocycles. The van der Waals surface area contributed by atoms with Crippen LogP contribution in [-0.4, -0.2) is 27.3 Å². The Bertz CT molecular complexity index is 765. The molecule has 0 saturated carbocycles. The van der Waals surface area contributed by atoms with Gasteiger partial charge in [-0.15, -0.1) is 0 Å². The smallest absolute Gasteiger partial charge is 0.354 e. The van der Waals surface area contributed by atoms with Crippen molar-refractivity contribution in [3.05, 3.63) is 51.8 Å². The van der Waals surface area contributed by atoms with E-state index >= 15 is 0 Å². The number of aromatic nitrogens is 2. The standard InChI is InChI=1S/C16H20N6O3/c1-3-4-9-17-14-13(22(24)25)15(19-10-18-14)20-21-16(23)12-8-6-5-7-11(12)2/h5-8,10H,3-4,9H2,1-2H3,(H,21,23)(H2,17,18,19,20). The molecule has 0 atom stereocenters. The molecule has 0 aliphatic rings. The van der Waals surface area contributed by atoms with E-state index in [0.717, 1.165) is 18.4 Å². The molecule has 0 radical (unpaired) electrons. The predicted octanol–water partition coefficient (Wildman–Crippen LogP) is 2.66. The Hall–Kier alpha value is -3.23. The Kier molecular flexibility index (Phi) is 6.21. The van der Waals surface area contributed by atoms with Gasteiger partial charge >= 0.3 is 5.69 Å². The van der Waals surface area contributed by atoms with Crippen LogP contribution >= 0.6 is 0 Å². The summed E-state index contributed by atoms with van der Waals surface area (Å²) in [4.78, 5) is 30.8. The summed E-state index contributed by atoms with van der Waals surface area (Å²) in [5.74, 6) is -0.381. The summed E-state index contributed by atoms with van der Waals surface area (Å²) in [5, 5.41) is 14.3. The molecular weight excluding hydrogens is 324 g/mol. The molecule has 9 nitrogen and oxygen atoms in total. The normalized spacial score (nSPS) is 10.2. The number of carbonyl (C=O) groups is 1. The first-order valence-electron chi connectivity index (χ1n) is 7.89. The lowest BCUT2D eigenvalue weighted by atomic mass is 10.1. The van der Waals surface area contributed by atoms with Crippen molar-refractivity contribution < 1.29 is 9.72 Å². The van der Waals surface area contributed by atoms with Gasteiger partial charge in [-0.2, -0.15) is 0 Å². The van der Waals surface area contributed by atoms with E-state index in [1.807, 2.05) is 13.0 Å². The second-order valence-corrected chi connectivity index (χ2v) is 5.35. The fourth-order valence-corrected chi connectivity index (χ4v) is 2.17. The van der Waals surface area contributed by atoms with Crippen LogP contribution in [0.25, 0.3) is 0 Å². The lowest BCUT2D eigenvalue weighted by molar-refractivity contribution is -0.383. The van der Waals surface area contributed by atoms with Gasteiger partial charge in [-0.1, -0.05) is 31.5 Å². The summed E-state index contributed by atoms with van der Waals surface area (Å²) in [6.45, 7) is 4.38. The van der Waals surface area contributed by atoms with Gasteiger partial charge in [0, 0.05) is 12.1 Å². The van der Waals surface area contributed by atoms with Crippen LogP contribution in [0, 0.1) is 17.0 Å². The number of nitrogens with one attached hydrogen (secondary N) is 3. The Morgan fingerprint density at radius 2 is 1.96 bits per heavy atom. The van der Waals surface area contributed by atoms with E-state index in [9.17, 15) is 14.9 Å². The molecule has 2 rings (SSSR count). The number of amides is 1. The van der Waals surface area contributed by atoms with Gasteiger partial charge in [0.05, 0.1) is 4.92 Å². The van der Waals surface area contributed by atoms with Gasteiger partial charge in [0.15, 0.2) is 0 Å². The SMILES string of the molecule is CCCCNc1ncnc(NNC(=O)c2ccccc2C)c1[N+](=O)[O-]. The van der Waals surface area contributed by atoms with Crippen molar-refractivity contribution in [2.24, 2.45) is 0 Å². The third kappa shape index (κ3) is 4.63. The minimum atomic E-state index is -0.587. The Morgan fingerprint density at radius 3 is 2.64 bits per heavy atom. The van der Waals surface area contributed by atoms with Gasteiger partial charge < -0.3 is 5.32 Å². The number of hydrogen-bond donors (Lipinski definition) is 3. The lowest BCUT2D eigenvalue weighted by Crippen LogP contribution is -2.31. The molecule has 1 amide bonds. The summed E-state index contributed by atoms with van der Waals surface area (Å²) >= 11 is 0. The highest BCUT2D eigenvalue weighted by Gasteiger charge is 2.23. The topological polar surface area (TPSA) is 122 Å². The zero-order valence-electron chi connectivity index (χ0n) is 14.1. The maximum atomic E-state index is 12.2. The van der Waals surface area contributed by atoms with Crippen molar-refractivity contribution >= 4 is 23.2 Å². The molecule has 1 heterocycles. The third-order valence-corrected chi connectivity index (χ3v) is 3.51. The van der Waals surface area contributed by atoms with Crippen LogP contribution in [0.3, 0.4) is 0 Å².